The second kappa shape index (κ2) is 10.4. The number of nitrogens with zero attached hydrogens (tertiary/aromatic N) is 1. The van der Waals surface area contributed by atoms with Crippen LogP contribution in [0.15, 0.2) is 84.9 Å². The van der Waals surface area contributed by atoms with Gasteiger partial charge in [0.2, 0.25) is 0 Å². The van der Waals surface area contributed by atoms with Gasteiger partial charge in [-0.3, -0.25) is 4.21 Å². The van der Waals surface area contributed by atoms with E-state index in [1.807, 2.05) is 91.9 Å². The predicted octanol–water partition coefficient (Wildman–Crippen LogP) is 6.02. The summed E-state index contributed by atoms with van der Waals surface area (Å²) in [4.78, 5) is 17.9. The average molecular weight is 459 g/mol. The SMILES string of the molecule is CC[C@H](NC(=O)Oc1c(CS(C)=O)c(-c2ccccc2)nc2ccccc12)c1ccccc1. The van der Waals surface area contributed by atoms with Crippen molar-refractivity contribution in [3.05, 3.63) is 96.1 Å². The zero-order chi connectivity index (χ0) is 23.2. The van der Waals surface area contributed by atoms with Crippen LogP contribution in [0.3, 0.4) is 0 Å². The molecule has 1 amide bonds. The number of para-hydroxylation sites is 1. The summed E-state index contributed by atoms with van der Waals surface area (Å²) in [5.41, 5.74) is 3.92. The van der Waals surface area contributed by atoms with Crippen LogP contribution < -0.4 is 10.1 Å². The molecule has 5 nitrogen and oxygen atoms in total. The number of carbonyl (C=O) groups is 1. The van der Waals surface area contributed by atoms with E-state index in [9.17, 15) is 9.00 Å². The predicted molar refractivity (Wildman–Crippen MR) is 134 cm³/mol. The van der Waals surface area contributed by atoms with Crippen molar-refractivity contribution in [1.82, 2.24) is 10.3 Å². The Morgan fingerprint density at radius 3 is 2.27 bits per heavy atom. The fourth-order valence-corrected chi connectivity index (χ4v) is 4.55. The maximum atomic E-state index is 13.1. The zero-order valence-electron chi connectivity index (χ0n) is 18.7. The van der Waals surface area contributed by atoms with Gasteiger partial charge in [0.25, 0.3) is 0 Å². The average Bonchev–Trinajstić information content (AvgIpc) is 2.84. The number of ether oxygens (including phenoxy) is 1. The molecule has 4 rings (SSSR count). The summed E-state index contributed by atoms with van der Waals surface area (Å²) >= 11 is 0. The quantitative estimate of drug-likeness (QED) is 0.368. The number of hydrogen-bond donors (Lipinski definition) is 1. The summed E-state index contributed by atoms with van der Waals surface area (Å²) in [5.74, 6) is 0.621. The Morgan fingerprint density at radius 1 is 0.970 bits per heavy atom. The lowest BCUT2D eigenvalue weighted by Gasteiger charge is -2.20. The molecular weight excluding hydrogens is 432 g/mol. The number of pyridine rings is 1. The third kappa shape index (κ3) is 5.29. The van der Waals surface area contributed by atoms with Crippen molar-refractivity contribution in [2.45, 2.75) is 25.1 Å². The molecule has 1 N–H and O–H groups in total. The second-order valence-electron chi connectivity index (χ2n) is 7.77. The molecule has 0 saturated carbocycles. The standard InChI is InChI=1S/C27H26N2O3S/c1-3-23(19-12-6-4-7-13-19)29-27(30)32-26-21-16-10-11-17-24(21)28-25(22(26)18-33(2)31)20-14-8-5-9-15-20/h4-17,23H,3,18H2,1-2H3,(H,29,30)/t23-,33?/m0/s1. The minimum absolute atomic E-state index is 0.177. The van der Waals surface area contributed by atoms with Crippen molar-refractivity contribution in [3.8, 4) is 17.0 Å². The molecule has 2 atom stereocenters. The van der Waals surface area contributed by atoms with Crippen molar-refractivity contribution in [1.29, 1.82) is 0 Å². The Balaban J connectivity index is 1.78. The van der Waals surface area contributed by atoms with Crippen molar-refractivity contribution in [3.63, 3.8) is 0 Å². The first-order chi connectivity index (χ1) is 16.1. The van der Waals surface area contributed by atoms with Gasteiger partial charge in [0.15, 0.2) is 0 Å². The van der Waals surface area contributed by atoms with E-state index in [1.54, 1.807) is 6.26 Å². The summed E-state index contributed by atoms with van der Waals surface area (Å²) < 4.78 is 18.3. The first-order valence-electron chi connectivity index (χ1n) is 10.9. The molecule has 1 heterocycles. The van der Waals surface area contributed by atoms with Gasteiger partial charge < -0.3 is 10.1 Å². The largest absolute Gasteiger partial charge is 0.413 e. The number of rotatable bonds is 7. The first kappa shape index (κ1) is 22.7. The van der Waals surface area contributed by atoms with Gasteiger partial charge in [-0.15, -0.1) is 0 Å². The lowest BCUT2D eigenvalue weighted by molar-refractivity contribution is 0.196. The maximum absolute atomic E-state index is 13.1. The summed E-state index contributed by atoms with van der Waals surface area (Å²) in [6.07, 6.45) is 1.80. The van der Waals surface area contributed by atoms with Crippen LogP contribution in [0, 0.1) is 0 Å². The Kier molecular flexibility index (Phi) is 7.15. The molecule has 33 heavy (non-hydrogen) atoms. The van der Waals surface area contributed by atoms with Crippen LogP contribution >= 0.6 is 0 Å². The Bertz CT molecular complexity index is 1280. The van der Waals surface area contributed by atoms with Gasteiger partial charge in [-0.2, -0.15) is 0 Å². The molecule has 6 heteroatoms. The van der Waals surface area contributed by atoms with E-state index < -0.39 is 16.9 Å². The number of benzene rings is 3. The monoisotopic (exact) mass is 458 g/mol. The summed E-state index contributed by atoms with van der Waals surface area (Å²) in [6, 6.07) is 26.8. The fourth-order valence-electron chi connectivity index (χ4n) is 3.88. The highest BCUT2D eigenvalue weighted by atomic mass is 32.2. The van der Waals surface area contributed by atoms with Gasteiger partial charge in [-0.25, -0.2) is 9.78 Å². The summed E-state index contributed by atoms with van der Waals surface area (Å²) in [7, 11) is -1.16. The maximum Gasteiger partial charge on any atom is 0.413 e. The van der Waals surface area contributed by atoms with E-state index in [4.69, 9.17) is 9.72 Å². The first-order valence-corrected chi connectivity index (χ1v) is 12.6. The van der Waals surface area contributed by atoms with Crippen molar-refractivity contribution >= 4 is 27.8 Å². The van der Waals surface area contributed by atoms with Crippen molar-refractivity contribution in [2.24, 2.45) is 0 Å². The highest BCUT2D eigenvalue weighted by molar-refractivity contribution is 7.83. The van der Waals surface area contributed by atoms with Gasteiger partial charge in [-0.1, -0.05) is 79.7 Å². The molecule has 0 aliphatic rings. The van der Waals surface area contributed by atoms with E-state index in [0.29, 0.717) is 27.9 Å². The van der Waals surface area contributed by atoms with E-state index in [1.165, 1.54) is 0 Å². The lowest BCUT2D eigenvalue weighted by atomic mass is 10.0. The number of amides is 1. The molecule has 1 unspecified atom stereocenters. The van der Waals surface area contributed by atoms with Gasteiger partial charge in [0.1, 0.15) is 5.75 Å². The molecule has 0 fully saturated rings. The number of nitrogens with one attached hydrogen (secondary N) is 1. The molecule has 0 saturated heterocycles. The number of hydrogen-bond acceptors (Lipinski definition) is 4. The van der Waals surface area contributed by atoms with Crippen LogP contribution in [0.2, 0.25) is 0 Å². The van der Waals surface area contributed by atoms with E-state index >= 15 is 0 Å². The van der Waals surface area contributed by atoms with Gasteiger partial charge in [0, 0.05) is 33.6 Å². The normalized spacial score (nSPS) is 12.8. The van der Waals surface area contributed by atoms with Gasteiger partial charge >= 0.3 is 6.09 Å². The summed E-state index contributed by atoms with van der Waals surface area (Å²) in [6.45, 7) is 2.01. The number of carbonyl (C=O) groups excluding carboxylic acids is 1. The van der Waals surface area contributed by atoms with Gasteiger partial charge in [-0.05, 0) is 24.1 Å². The van der Waals surface area contributed by atoms with E-state index in [0.717, 1.165) is 17.5 Å². The Morgan fingerprint density at radius 2 is 1.61 bits per heavy atom. The van der Waals surface area contributed by atoms with E-state index in [-0.39, 0.29) is 11.8 Å². The van der Waals surface area contributed by atoms with Crippen molar-refractivity contribution in [2.75, 3.05) is 6.26 Å². The minimum atomic E-state index is -1.16. The molecule has 0 bridgehead atoms. The molecule has 1 aromatic heterocycles. The van der Waals surface area contributed by atoms with E-state index in [2.05, 4.69) is 5.32 Å². The lowest BCUT2D eigenvalue weighted by Crippen LogP contribution is -2.31. The van der Waals surface area contributed by atoms with Crippen molar-refractivity contribution < 1.29 is 13.7 Å². The van der Waals surface area contributed by atoms with Crippen LogP contribution in [0.5, 0.6) is 5.75 Å². The van der Waals surface area contributed by atoms with Crippen LogP contribution in [0.1, 0.15) is 30.5 Å². The van der Waals surface area contributed by atoms with Crippen LogP contribution in [-0.4, -0.2) is 21.5 Å². The summed E-state index contributed by atoms with van der Waals surface area (Å²) in [5, 5.41) is 3.69. The van der Waals surface area contributed by atoms with Gasteiger partial charge in [0.05, 0.1) is 23.0 Å². The smallest absolute Gasteiger partial charge is 0.409 e. The molecule has 168 valence electrons. The highest BCUT2D eigenvalue weighted by Gasteiger charge is 2.22. The third-order valence-corrected chi connectivity index (χ3v) is 6.13. The zero-order valence-corrected chi connectivity index (χ0v) is 19.5. The molecule has 4 aromatic rings. The molecule has 0 aliphatic heterocycles. The molecule has 0 radical (unpaired) electrons. The molecular formula is C27H26N2O3S. The second-order valence-corrected chi connectivity index (χ2v) is 9.21. The number of fused-ring (bicyclic) bond motifs is 1. The topological polar surface area (TPSA) is 68.3 Å². The Labute approximate surface area is 196 Å². The minimum Gasteiger partial charge on any atom is -0.409 e. The molecule has 3 aromatic carbocycles. The van der Waals surface area contributed by atoms with Crippen LogP contribution in [0.4, 0.5) is 4.79 Å². The molecule has 0 spiro atoms. The van der Waals surface area contributed by atoms with Crippen LogP contribution in [-0.2, 0) is 16.6 Å². The van der Waals surface area contributed by atoms with Crippen LogP contribution in [0.25, 0.3) is 22.2 Å². The highest BCUT2D eigenvalue weighted by Crippen LogP contribution is 2.36. The fraction of sp³-hybridized carbons (Fsp3) is 0.185. The number of aromatic nitrogens is 1. The molecule has 0 aliphatic carbocycles. The third-order valence-electron chi connectivity index (χ3n) is 5.43. The Hall–Kier alpha value is -3.51.